The predicted octanol–water partition coefficient (Wildman–Crippen LogP) is 8.07. The molecule has 0 aliphatic heterocycles. The van der Waals surface area contributed by atoms with Crippen molar-refractivity contribution >= 4 is 0 Å². The zero-order valence-electron chi connectivity index (χ0n) is 26.8. The number of aliphatic hydroxyl groups excluding tert-OH is 1. The molecule has 214 valence electrons. The fourth-order valence-corrected chi connectivity index (χ4v) is 8.35. The summed E-state index contributed by atoms with van der Waals surface area (Å²) >= 11 is 0. The third kappa shape index (κ3) is 5.77. The fourth-order valence-electron chi connectivity index (χ4n) is 8.35. The van der Waals surface area contributed by atoms with Gasteiger partial charge in [0.25, 0.3) is 0 Å². The van der Waals surface area contributed by atoms with Crippen molar-refractivity contribution in [1.82, 2.24) is 0 Å². The minimum Gasteiger partial charge on any atom is -0.392 e. The van der Waals surface area contributed by atoms with Crippen LogP contribution in [0, 0.1) is 105 Å². The van der Waals surface area contributed by atoms with E-state index in [4.69, 9.17) is 4.74 Å². The van der Waals surface area contributed by atoms with E-state index < -0.39 is 0 Å². The second-order valence-electron chi connectivity index (χ2n) is 14.0. The fraction of sp³-hybridized carbons (Fsp3) is 0.939. The summed E-state index contributed by atoms with van der Waals surface area (Å²) in [6, 6.07) is 4.80. The predicted molar refractivity (Wildman–Crippen MR) is 154 cm³/mol. The molecule has 2 aliphatic rings. The third-order valence-electron chi connectivity index (χ3n) is 13.2. The van der Waals surface area contributed by atoms with Gasteiger partial charge in [-0.15, -0.1) is 0 Å². The first kappa shape index (κ1) is 33.9. The molecule has 2 saturated carbocycles. The topological polar surface area (TPSA) is 77.0 Å². The van der Waals surface area contributed by atoms with Gasteiger partial charge >= 0.3 is 0 Å². The highest BCUT2D eigenvalue weighted by molar-refractivity contribution is 5.06. The number of hydrogen-bond acceptors (Lipinski definition) is 4. The third-order valence-corrected chi connectivity index (χ3v) is 13.2. The van der Waals surface area contributed by atoms with E-state index in [9.17, 15) is 15.6 Å². The van der Waals surface area contributed by atoms with Crippen molar-refractivity contribution in [1.29, 1.82) is 10.5 Å². The first-order chi connectivity index (χ1) is 16.9. The number of ether oxygens (including phenoxy) is 1. The van der Waals surface area contributed by atoms with E-state index in [2.05, 4.69) is 95.2 Å². The molecule has 37 heavy (non-hydrogen) atoms. The van der Waals surface area contributed by atoms with E-state index >= 15 is 0 Å². The molecule has 0 amide bonds. The Morgan fingerprint density at radius 1 is 0.622 bits per heavy atom. The molecule has 2 aliphatic carbocycles. The smallest absolute Gasteiger partial charge is 0.0658 e. The zero-order valence-corrected chi connectivity index (χ0v) is 26.8. The van der Waals surface area contributed by atoms with Gasteiger partial charge in [0, 0.05) is 29.8 Å². The normalized spacial score (nSPS) is 47.3. The highest BCUT2D eigenvalue weighted by atomic mass is 16.5. The SMILES string of the molecule is CC(C#N)C(C)C1(C)C(C)C(C)C(C)C(C)C1O.COC1C(C)C(C)C(C)C(C)C1(C)C(C)C(C)C#N. The molecule has 0 radical (unpaired) electrons. The Bertz CT molecular complexity index is 798. The van der Waals surface area contributed by atoms with Crippen LogP contribution in [-0.2, 0) is 4.74 Å². The van der Waals surface area contributed by atoms with Crippen molar-refractivity contribution < 1.29 is 9.84 Å². The minimum absolute atomic E-state index is 0.0140. The Balaban J connectivity index is 0.000000371. The zero-order chi connectivity index (χ0) is 29.2. The number of rotatable bonds is 5. The second-order valence-corrected chi connectivity index (χ2v) is 14.0. The quantitative estimate of drug-likeness (QED) is 0.401. The van der Waals surface area contributed by atoms with Gasteiger partial charge in [-0.3, -0.25) is 0 Å². The van der Waals surface area contributed by atoms with Crippen LogP contribution in [0.5, 0.6) is 0 Å². The summed E-state index contributed by atoms with van der Waals surface area (Å²) in [5.41, 5.74) is -0.101. The monoisotopic (exact) mass is 516 g/mol. The van der Waals surface area contributed by atoms with E-state index in [1.54, 1.807) is 0 Å². The Kier molecular flexibility index (Phi) is 11.8. The first-order valence-electron chi connectivity index (χ1n) is 14.9. The summed E-state index contributed by atoms with van der Waals surface area (Å²) in [5.74, 6) is 4.90. The van der Waals surface area contributed by atoms with E-state index in [1.165, 1.54) is 0 Å². The van der Waals surface area contributed by atoms with Crippen molar-refractivity contribution in [2.45, 2.75) is 109 Å². The lowest BCUT2D eigenvalue weighted by molar-refractivity contribution is -0.163. The number of nitriles is 2. The highest BCUT2D eigenvalue weighted by Gasteiger charge is 2.55. The number of aliphatic hydroxyl groups is 1. The van der Waals surface area contributed by atoms with Crippen LogP contribution in [0.1, 0.15) is 96.9 Å². The standard InChI is InChI=1S/C17H31NO.C16H29NO/c1-10(9-18)14(5)17(7)15(6)12(3)11(2)13(4)16(17)19-8;1-9(8-17)13(5)16(7)14(6)11(3)10(2)12(4)15(16)18/h10-16H,1-8H3;9-15,18H,1-7H3. The van der Waals surface area contributed by atoms with Crippen LogP contribution < -0.4 is 0 Å². The summed E-state index contributed by atoms with van der Waals surface area (Å²) in [7, 11) is 1.83. The maximum atomic E-state index is 10.8. The summed E-state index contributed by atoms with van der Waals surface area (Å²) in [5, 5.41) is 29.2. The molecule has 4 heteroatoms. The number of nitrogens with zero attached hydrogens (tertiary/aromatic N) is 2. The second kappa shape index (κ2) is 12.8. The van der Waals surface area contributed by atoms with Crippen LogP contribution in [0.15, 0.2) is 0 Å². The van der Waals surface area contributed by atoms with E-state index in [-0.39, 0.29) is 40.8 Å². The molecule has 4 nitrogen and oxygen atoms in total. The van der Waals surface area contributed by atoms with Gasteiger partial charge in [0.15, 0.2) is 0 Å². The molecule has 1 N–H and O–H groups in total. The lowest BCUT2D eigenvalue weighted by atomic mass is 9.50. The highest BCUT2D eigenvalue weighted by Crippen LogP contribution is 2.56. The van der Waals surface area contributed by atoms with Crippen molar-refractivity contribution in [3.05, 3.63) is 0 Å². The number of hydrogen-bond donors (Lipinski definition) is 1. The molecular formula is C33H60N2O2. The van der Waals surface area contributed by atoms with Crippen LogP contribution in [0.4, 0.5) is 0 Å². The van der Waals surface area contributed by atoms with Gasteiger partial charge in [-0.05, 0) is 73.0 Å². The molecule has 2 rings (SSSR count). The summed E-state index contributed by atoms with van der Waals surface area (Å²) < 4.78 is 5.91. The Hall–Kier alpha value is -1.10. The summed E-state index contributed by atoms with van der Waals surface area (Å²) in [4.78, 5) is 0. The Morgan fingerprint density at radius 2 is 0.973 bits per heavy atom. The van der Waals surface area contributed by atoms with Crippen molar-refractivity contribution in [3.63, 3.8) is 0 Å². The van der Waals surface area contributed by atoms with Gasteiger partial charge in [0.2, 0.25) is 0 Å². The van der Waals surface area contributed by atoms with Crippen LogP contribution in [0.2, 0.25) is 0 Å². The molecule has 0 aromatic carbocycles. The van der Waals surface area contributed by atoms with Gasteiger partial charge in [0.1, 0.15) is 0 Å². The average molecular weight is 517 g/mol. The van der Waals surface area contributed by atoms with Crippen LogP contribution >= 0.6 is 0 Å². The molecule has 2 fully saturated rings. The van der Waals surface area contributed by atoms with Gasteiger partial charge in [-0.1, -0.05) is 83.1 Å². The lowest BCUT2D eigenvalue weighted by Crippen LogP contribution is -2.57. The van der Waals surface area contributed by atoms with Crippen molar-refractivity contribution in [2.75, 3.05) is 7.11 Å². The summed E-state index contributed by atoms with van der Waals surface area (Å²) in [6.45, 7) is 31.2. The maximum absolute atomic E-state index is 10.8. The molecule has 0 heterocycles. The van der Waals surface area contributed by atoms with E-state index in [1.807, 2.05) is 21.0 Å². The first-order valence-corrected chi connectivity index (χ1v) is 14.9. The molecule has 16 atom stereocenters. The van der Waals surface area contributed by atoms with Gasteiger partial charge < -0.3 is 9.84 Å². The van der Waals surface area contributed by atoms with Gasteiger partial charge in [0.05, 0.1) is 24.3 Å². The summed E-state index contributed by atoms with van der Waals surface area (Å²) in [6.07, 6.45) is -0.0796. The molecule has 0 aromatic heterocycles. The minimum atomic E-state index is -0.315. The molecule has 16 unspecified atom stereocenters. The van der Waals surface area contributed by atoms with Gasteiger partial charge in [-0.25, -0.2) is 0 Å². The van der Waals surface area contributed by atoms with E-state index in [0.717, 1.165) is 0 Å². The molecule has 0 bridgehead atoms. The number of methoxy groups -OCH3 is 1. The van der Waals surface area contributed by atoms with Crippen LogP contribution in [0.3, 0.4) is 0 Å². The Morgan fingerprint density at radius 3 is 1.35 bits per heavy atom. The molecular weight excluding hydrogens is 456 g/mol. The van der Waals surface area contributed by atoms with Crippen molar-refractivity contribution in [2.24, 2.45) is 81.8 Å². The lowest BCUT2D eigenvalue weighted by Gasteiger charge is -2.57. The van der Waals surface area contributed by atoms with Gasteiger partial charge in [-0.2, -0.15) is 10.5 Å². The van der Waals surface area contributed by atoms with Crippen LogP contribution in [0.25, 0.3) is 0 Å². The van der Waals surface area contributed by atoms with Crippen molar-refractivity contribution in [3.8, 4) is 12.1 Å². The Labute approximate surface area is 230 Å². The molecule has 0 aromatic rings. The van der Waals surface area contributed by atoms with Crippen LogP contribution in [-0.4, -0.2) is 24.4 Å². The molecule has 0 saturated heterocycles. The average Bonchev–Trinajstić information content (AvgIpc) is 2.90. The maximum Gasteiger partial charge on any atom is 0.0658 e. The molecule has 0 spiro atoms. The van der Waals surface area contributed by atoms with E-state index in [0.29, 0.717) is 53.3 Å². The largest absolute Gasteiger partial charge is 0.392 e.